The van der Waals surface area contributed by atoms with Crippen molar-refractivity contribution in [1.82, 2.24) is 4.90 Å². The standard InChI is InChI=1S/C10H20N2/c11-6-8-12-7-5-10(12)9-3-1-2-4-9/h9-10H,1-8,11H2. The third kappa shape index (κ3) is 1.50. The van der Waals surface area contributed by atoms with E-state index in [-0.39, 0.29) is 0 Å². The lowest BCUT2D eigenvalue weighted by Gasteiger charge is -2.44. The third-order valence-electron chi connectivity index (χ3n) is 3.54. The number of rotatable bonds is 3. The lowest BCUT2D eigenvalue weighted by molar-refractivity contribution is 0.0497. The number of nitrogens with zero attached hydrogens (tertiary/aromatic N) is 1. The summed E-state index contributed by atoms with van der Waals surface area (Å²) in [5.41, 5.74) is 5.56. The molecule has 2 nitrogen and oxygen atoms in total. The molecule has 0 aromatic heterocycles. The summed E-state index contributed by atoms with van der Waals surface area (Å²) in [5.74, 6) is 1.02. The molecule has 12 heavy (non-hydrogen) atoms. The topological polar surface area (TPSA) is 29.3 Å². The molecule has 1 unspecified atom stereocenters. The van der Waals surface area contributed by atoms with E-state index in [1.54, 1.807) is 0 Å². The summed E-state index contributed by atoms with van der Waals surface area (Å²) in [6.07, 6.45) is 7.33. The maximum atomic E-state index is 5.56. The van der Waals surface area contributed by atoms with Gasteiger partial charge in [0.1, 0.15) is 0 Å². The molecule has 0 bridgehead atoms. The van der Waals surface area contributed by atoms with Crippen LogP contribution in [-0.4, -0.2) is 30.6 Å². The molecular weight excluding hydrogens is 148 g/mol. The maximum Gasteiger partial charge on any atom is 0.0136 e. The number of nitrogens with two attached hydrogens (primary N) is 1. The van der Waals surface area contributed by atoms with Gasteiger partial charge in [-0.1, -0.05) is 12.8 Å². The van der Waals surface area contributed by atoms with Crippen LogP contribution in [0.25, 0.3) is 0 Å². The van der Waals surface area contributed by atoms with Gasteiger partial charge in [-0.3, -0.25) is 4.90 Å². The van der Waals surface area contributed by atoms with Crippen LogP contribution in [0.3, 0.4) is 0 Å². The Balaban J connectivity index is 1.79. The monoisotopic (exact) mass is 168 g/mol. The minimum absolute atomic E-state index is 0.837. The van der Waals surface area contributed by atoms with Gasteiger partial charge in [-0.2, -0.15) is 0 Å². The first-order chi connectivity index (χ1) is 5.92. The van der Waals surface area contributed by atoms with Crippen LogP contribution in [0.5, 0.6) is 0 Å². The van der Waals surface area contributed by atoms with E-state index in [9.17, 15) is 0 Å². The molecule has 0 spiro atoms. The summed E-state index contributed by atoms with van der Waals surface area (Å²) in [7, 11) is 0. The lowest BCUT2D eigenvalue weighted by atomic mass is 9.88. The molecule has 1 atom stereocenters. The first-order valence-electron chi connectivity index (χ1n) is 5.36. The molecule has 70 valence electrons. The molecule has 0 radical (unpaired) electrons. The Hall–Kier alpha value is -0.0800. The predicted octanol–water partition coefficient (Wildman–Crippen LogP) is 1.21. The van der Waals surface area contributed by atoms with Gasteiger partial charge in [-0.05, 0) is 31.7 Å². The van der Waals surface area contributed by atoms with E-state index in [1.807, 2.05) is 0 Å². The Bertz CT molecular complexity index is 141. The van der Waals surface area contributed by atoms with Gasteiger partial charge >= 0.3 is 0 Å². The van der Waals surface area contributed by atoms with Crippen LogP contribution in [0.2, 0.25) is 0 Å². The van der Waals surface area contributed by atoms with Crippen molar-refractivity contribution in [2.45, 2.75) is 38.1 Å². The summed E-state index contributed by atoms with van der Waals surface area (Å²) in [4.78, 5) is 2.58. The highest BCUT2D eigenvalue weighted by atomic mass is 15.2. The first kappa shape index (κ1) is 8.52. The van der Waals surface area contributed by atoms with Crippen LogP contribution in [-0.2, 0) is 0 Å². The zero-order valence-electron chi connectivity index (χ0n) is 7.84. The van der Waals surface area contributed by atoms with Gasteiger partial charge in [0.25, 0.3) is 0 Å². The fourth-order valence-corrected chi connectivity index (χ4v) is 2.78. The van der Waals surface area contributed by atoms with Gasteiger partial charge < -0.3 is 5.73 Å². The Morgan fingerprint density at radius 3 is 2.42 bits per heavy atom. The molecule has 1 aliphatic carbocycles. The van der Waals surface area contributed by atoms with E-state index >= 15 is 0 Å². The van der Waals surface area contributed by atoms with Gasteiger partial charge in [0.05, 0.1) is 0 Å². The van der Waals surface area contributed by atoms with Gasteiger partial charge in [-0.15, -0.1) is 0 Å². The summed E-state index contributed by atoms with van der Waals surface area (Å²) >= 11 is 0. The van der Waals surface area contributed by atoms with Crippen LogP contribution >= 0.6 is 0 Å². The Morgan fingerprint density at radius 1 is 1.17 bits per heavy atom. The molecule has 1 saturated heterocycles. The van der Waals surface area contributed by atoms with Crippen LogP contribution in [0, 0.1) is 5.92 Å². The maximum absolute atomic E-state index is 5.56. The van der Waals surface area contributed by atoms with Crippen LogP contribution in [0.4, 0.5) is 0 Å². The predicted molar refractivity (Wildman–Crippen MR) is 51.0 cm³/mol. The zero-order chi connectivity index (χ0) is 8.39. The molecular formula is C10H20N2. The zero-order valence-corrected chi connectivity index (χ0v) is 7.84. The van der Waals surface area contributed by atoms with E-state index in [1.165, 1.54) is 38.6 Å². The smallest absolute Gasteiger partial charge is 0.0136 e. The fraction of sp³-hybridized carbons (Fsp3) is 1.00. The van der Waals surface area contributed by atoms with Gasteiger partial charge in [0, 0.05) is 19.1 Å². The molecule has 2 heteroatoms. The number of likely N-dealkylation sites (tertiary alicyclic amines) is 1. The second kappa shape index (κ2) is 3.75. The van der Waals surface area contributed by atoms with Crippen molar-refractivity contribution >= 4 is 0 Å². The van der Waals surface area contributed by atoms with Crippen molar-refractivity contribution in [2.24, 2.45) is 11.7 Å². The van der Waals surface area contributed by atoms with Crippen LogP contribution in [0.1, 0.15) is 32.1 Å². The molecule has 2 aliphatic rings. The SMILES string of the molecule is NCCN1CCC1C1CCCC1. The highest BCUT2D eigenvalue weighted by Crippen LogP contribution is 2.35. The van der Waals surface area contributed by atoms with Gasteiger partial charge in [0.2, 0.25) is 0 Å². The highest BCUT2D eigenvalue weighted by Gasteiger charge is 2.35. The number of hydrogen-bond acceptors (Lipinski definition) is 2. The van der Waals surface area contributed by atoms with E-state index in [0.717, 1.165) is 25.0 Å². The third-order valence-corrected chi connectivity index (χ3v) is 3.54. The van der Waals surface area contributed by atoms with E-state index in [4.69, 9.17) is 5.73 Å². The van der Waals surface area contributed by atoms with Crippen LogP contribution < -0.4 is 5.73 Å². The van der Waals surface area contributed by atoms with E-state index in [0.29, 0.717) is 0 Å². The van der Waals surface area contributed by atoms with Crippen LogP contribution in [0.15, 0.2) is 0 Å². The molecule has 1 saturated carbocycles. The first-order valence-corrected chi connectivity index (χ1v) is 5.36. The molecule has 2 N–H and O–H groups in total. The Kier molecular flexibility index (Phi) is 2.66. The Labute approximate surface area is 75.1 Å². The normalized spacial score (nSPS) is 32.2. The minimum atomic E-state index is 0.837. The van der Waals surface area contributed by atoms with Crippen molar-refractivity contribution < 1.29 is 0 Å². The molecule has 1 aliphatic heterocycles. The molecule has 2 rings (SSSR count). The average molecular weight is 168 g/mol. The second-order valence-electron chi connectivity index (χ2n) is 4.23. The molecule has 1 heterocycles. The average Bonchev–Trinajstić information content (AvgIpc) is 2.51. The summed E-state index contributed by atoms with van der Waals surface area (Å²) < 4.78 is 0. The minimum Gasteiger partial charge on any atom is -0.329 e. The van der Waals surface area contributed by atoms with Crippen molar-refractivity contribution in [3.05, 3.63) is 0 Å². The quantitative estimate of drug-likeness (QED) is 0.686. The molecule has 0 aromatic carbocycles. The highest BCUT2D eigenvalue weighted by molar-refractivity contribution is 4.90. The number of hydrogen-bond donors (Lipinski definition) is 1. The summed E-state index contributed by atoms with van der Waals surface area (Å²) in [6.45, 7) is 3.27. The molecule has 0 aromatic rings. The van der Waals surface area contributed by atoms with E-state index in [2.05, 4.69) is 4.90 Å². The molecule has 0 amide bonds. The Morgan fingerprint density at radius 2 is 1.92 bits per heavy atom. The molecule has 2 fully saturated rings. The van der Waals surface area contributed by atoms with Crippen molar-refractivity contribution in [3.8, 4) is 0 Å². The van der Waals surface area contributed by atoms with E-state index < -0.39 is 0 Å². The fourth-order valence-electron chi connectivity index (χ4n) is 2.78. The lowest BCUT2D eigenvalue weighted by Crippen LogP contribution is -2.52. The largest absolute Gasteiger partial charge is 0.329 e. The van der Waals surface area contributed by atoms with Crippen molar-refractivity contribution in [3.63, 3.8) is 0 Å². The van der Waals surface area contributed by atoms with Crippen molar-refractivity contribution in [1.29, 1.82) is 0 Å². The second-order valence-corrected chi connectivity index (χ2v) is 4.23. The summed E-state index contributed by atoms with van der Waals surface area (Å²) in [5, 5.41) is 0. The van der Waals surface area contributed by atoms with Gasteiger partial charge in [-0.25, -0.2) is 0 Å². The summed E-state index contributed by atoms with van der Waals surface area (Å²) in [6, 6.07) is 0.913. The van der Waals surface area contributed by atoms with Gasteiger partial charge in [0.15, 0.2) is 0 Å². The van der Waals surface area contributed by atoms with Crippen molar-refractivity contribution in [2.75, 3.05) is 19.6 Å².